The summed E-state index contributed by atoms with van der Waals surface area (Å²) in [5.74, 6) is 1.43. The zero-order valence-corrected chi connectivity index (χ0v) is 22.9. The second-order valence-corrected chi connectivity index (χ2v) is 11.2. The number of nitrogens with zero attached hydrogens (tertiary/aromatic N) is 3. The maximum atomic E-state index is 12.8. The van der Waals surface area contributed by atoms with Crippen LogP contribution in [0.2, 0.25) is 0 Å². The molecule has 3 aromatic rings. The second kappa shape index (κ2) is 11.5. The van der Waals surface area contributed by atoms with Crippen LogP contribution in [0.15, 0.2) is 29.4 Å². The fourth-order valence-electron chi connectivity index (χ4n) is 4.26. The molecule has 1 atom stereocenters. The minimum Gasteiger partial charge on any atom is -0.483 e. The summed E-state index contributed by atoms with van der Waals surface area (Å²) in [5.41, 5.74) is 2.78. The van der Waals surface area contributed by atoms with Crippen LogP contribution >= 0.6 is 23.1 Å². The highest BCUT2D eigenvalue weighted by Crippen LogP contribution is 2.38. The number of esters is 1. The molecule has 0 bridgehead atoms. The second-order valence-electron chi connectivity index (χ2n) is 9.13. The van der Waals surface area contributed by atoms with E-state index in [1.54, 1.807) is 0 Å². The quantitative estimate of drug-likeness (QED) is 0.288. The highest BCUT2D eigenvalue weighted by atomic mass is 32.2. The van der Waals surface area contributed by atoms with Crippen LogP contribution < -0.4 is 10.1 Å². The third-order valence-corrected chi connectivity index (χ3v) is 8.47. The number of nitrogens with one attached hydrogen (secondary N) is 1. The molecule has 4 rings (SSSR count). The number of carbonyl (C=O) groups excluding carboxylic acids is 2. The van der Waals surface area contributed by atoms with Crippen LogP contribution in [0.1, 0.15) is 77.8 Å². The SMILES string of the molecule is COC(=O)c1c(NC(=O)CSc2nnc(C(C)Oc3ccc(C(C)C)cc3)n2C)sc2c1CCCC2. The summed E-state index contributed by atoms with van der Waals surface area (Å²) in [6, 6.07) is 8.07. The Labute approximate surface area is 219 Å². The van der Waals surface area contributed by atoms with Crippen molar-refractivity contribution >= 4 is 40.0 Å². The van der Waals surface area contributed by atoms with Gasteiger partial charge in [0.2, 0.25) is 5.91 Å². The Kier molecular flexibility index (Phi) is 8.35. The first kappa shape index (κ1) is 26.2. The molecule has 0 aliphatic heterocycles. The summed E-state index contributed by atoms with van der Waals surface area (Å²) < 4.78 is 12.9. The van der Waals surface area contributed by atoms with E-state index < -0.39 is 5.97 Å². The van der Waals surface area contributed by atoms with Crippen LogP contribution in [0.3, 0.4) is 0 Å². The molecule has 8 nitrogen and oxygen atoms in total. The highest BCUT2D eigenvalue weighted by molar-refractivity contribution is 7.99. The fraction of sp³-hybridized carbons (Fsp3) is 0.462. The van der Waals surface area contributed by atoms with Gasteiger partial charge in [0.1, 0.15) is 10.8 Å². The van der Waals surface area contributed by atoms with Crippen molar-refractivity contribution in [2.24, 2.45) is 7.05 Å². The van der Waals surface area contributed by atoms with Crippen LogP contribution in [0, 0.1) is 0 Å². The maximum Gasteiger partial charge on any atom is 0.341 e. The molecule has 2 aromatic heterocycles. The first-order valence-corrected chi connectivity index (χ1v) is 13.9. The predicted molar refractivity (Wildman–Crippen MR) is 142 cm³/mol. The standard InChI is InChI=1S/C26H32N4O4S2/c1-15(2)17-10-12-18(13-11-17)34-16(3)23-28-29-26(30(23)4)35-14-21(31)27-24-22(25(32)33-5)19-8-6-7-9-20(19)36-24/h10-13,15-16H,6-9,14H2,1-5H3,(H,27,31). The lowest BCUT2D eigenvalue weighted by Gasteiger charge is -2.15. The van der Waals surface area contributed by atoms with E-state index in [1.807, 2.05) is 30.7 Å². The van der Waals surface area contributed by atoms with Gasteiger partial charge in [-0.3, -0.25) is 4.79 Å². The van der Waals surface area contributed by atoms with E-state index in [1.165, 1.54) is 35.8 Å². The Morgan fingerprint density at radius 1 is 1.14 bits per heavy atom. The third kappa shape index (κ3) is 5.75. The monoisotopic (exact) mass is 528 g/mol. The number of thiophene rings is 1. The molecule has 0 saturated carbocycles. The number of benzene rings is 1. The van der Waals surface area contributed by atoms with Crippen molar-refractivity contribution in [3.8, 4) is 5.75 Å². The largest absolute Gasteiger partial charge is 0.483 e. The number of anilines is 1. The molecule has 1 aromatic carbocycles. The van der Waals surface area contributed by atoms with Gasteiger partial charge in [-0.15, -0.1) is 21.5 Å². The number of carbonyl (C=O) groups is 2. The van der Waals surface area contributed by atoms with Gasteiger partial charge in [0.15, 0.2) is 17.1 Å². The van der Waals surface area contributed by atoms with E-state index >= 15 is 0 Å². The molecule has 1 amide bonds. The zero-order valence-electron chi connectivity index (χ0n) is 21.3. The molecule has 1 aliphatic rings. The summed E-state index contributed by atoms with van der Waals surface area (Å²) in [6.07, 6.45) is 3.59. The van der Waals surface area contributed by atoms with Gasteiger partial charge in [0.05, 0.1) is 18.4 Å². The molecule has 1 N–H and O–H groups in total. The summed E-state index contributed by atoms with van der Waals surface area (Å²) in [7, 11) is 3.23. The van der Waals surface area contributed by atoms with Crippen LogP contribution in [0.5, 0.6) is 5.75 Å². The molecular weight excluding hydrogens is 496 g/mol. The number of thioether (sulfide) groups is 1. The Morgan fingerprint density at radius 3 is 2.56 bits per heavy atom. The van der Waals surface area contributed by atoms with Gasteiger partial charge in [-0.05, 0) is 61.8 Å². The number of aryl methyl sites for hydroxylation is 1. The van der Waals surface area contributed by atoms with E-state index in [0.29, 0.717) is 27.5 Å². The van der Waals surface area contributed by atoms with E-state index in [-0.39, 0.29) is 17.8 Å². The molecule has 0 spiro atoms. The lowest BCUT2D eigenvalue weighted by molar-refractivity contribution is -0.113. The lowest BCUT2D eigenvalue weighted by atomic mass is 9.95. The summed E-state index contributed by atoms with van der Waals surface area (Å²) >= 11 is 2.77. The molecule has 0 radical (unpaired) electrons. The average Bonchev–Trinajstić information content (AvgIpc) is 3.42. The van der Waals surface area contributed by atoms with Crippen molar-refractivity contribution in [1.29, 1.82) is 0 Å². The van der Waals surface area contributed by atoms with Crippen molar-refractivity contribution in [3.63, 3.8) is 0 Å². The average molecular weight is 529 g/mol. The molecule has 10 heteroatoms. The Morgan fingerprint density at radius 2 is 1.86 bits per heavy atom. The third-order valence-electron chi connectivity index (χ3n) is 6.24. The van der Waals surface area contributed by atoms with Crippen LogP contribution in [-0.2, 0) is 29.4 Å². The fourth-order valence-corrected chi connectivity index (χ4v) is 6.27. The smallest absolute Gasteiger partial charge is 0.341 e. The van der Waals surface area contributed by atoms with Crippen molar-refractivity contribution < 1.29 is 19.1 Å². The minimum atomic E-state index is -0.400. The predicted octanol–water partition coefficient (Wildman–Crippen LogP) is 5.54. The Hall–Kier alpha value is -2.85. The Balaban J connectivity index is 1.38. The van der Waals surface area contributed by atoms with E-state index in [0.717, 1.165) is 41.9 Å². The molecule has 1 aliphatic carbocycles. The zero-order chi connectivity index (χ0) is 25.8. The molecule has 2 heterocycles. The van der Waals surface area contributed by atoms with E-state index in [9.17, 15) is 9.59 Å². The number of rotatable bonds is 9. The van der Waals surface area contributed by atoms with Crippen LogP contribution in [0.4, 0.5) is 5.00 Å². The summed E-state index contributed by atoms with van der Waals surface area (Å²) in [5, 5.41) is 12.7. The first-order valence-electron chi connectivity index (χ1n) is 12.1. The van der Waals surface area contributed by atoms with Gasteiger partial charge in [-0.25, -0.2) is 4.79 Å². The molecule has 0 saturated heterocycles. The van der Waals surface area contributed by atoms with Gasteiger partial charge < -0.3 is 19.4 Å². The number of aromatic nitrogens is 3. The number of amides is 1. The molecule has 1 unspecified atom stereocenters. The number of fused-ring (bicyclic) bond motifs is 1. The van der Waals surface area contributed by atoms with E-state index in [4.69, 9.17) is 9.47 Å². The van der Waals surface area contributed by atoms with Crippen molar-refractivity contribution in [1.82, 2.24) is 14.8 Å². The summed E-state index contributed by atoms with van der Waals surface area (Å²) in [6.45, 7) is 6.24. The summed E-state index contributed by atoms with van der Waals surface area (Å²) in [4.78, 5) is 26.3. The normalized spacial score (nSPS) is 13.8. The van der Waals surface area contributed by atoms with Gasteiger partial charge in [-0.1, -0.05) is 37.7 Å². The topological polar surface area (TPSA) is 95.3 Å². The highest BCUT2D eigenvalue weighted by Gasteiger charge is 2.27. The van der Waals surface area contributed by atoms with Gasteiger partial charge in [0.25, 0.3) is 0 Å². The Bertz CT molecular complexity index is 1230. The molecule has 0 fully saturated rings. The minimum absolute atomic E-state index is 0.140. The van der Waals surface area contributed by atoms with E-state index in [2.05, 4.69) is 41.5 Å². The van der Waals surface area contributed by atoms with Crippen LogP contribution in [-0.4, -0.2) is 39.5 Å². The van der Waals surface area contributed by atoms with Crippen molar-refractivity contribution in [2.75, 3.05) is 18.2 Å². The number of ether oxygens (including phenoxy) is 2. The van der Waals surface area contributed by atoms with Crippen LogP contribution in [0.25, 0.3) is 0 Å². The number of methoxy groups -OCH3 is 1. The molecule has 36 heavy (non-hydrogen) atoms. The lowest BCUT2D eigenvalue weighted by Crippen LogP contribution is -2.17. The number of hydrogen-bond donors (Lipinski definition) is 1. The molecule has 192 valence electrons. The van der Waals surface area contributed by atoms with Gasteiger partial charge in [-0.2, -0.15) is 0 Å². The number of hydrogen-bond acceptors (Lipinski definition) is 8. The maximum absolute atomic E-state index is 12.8. The van der Waals surface area contributed by atoms with Gasteiger partial charge in [0, 0.05) is 11.9 Å². The van der Waals surface area contributed by atoms with Gasteiger partial charge >= 0.3 is 5.97 Å². The first-order chi connectivity index (χ1) is 17.3. The van der Waals surface area contributed by atoms with Crippen molar-refractivity contribution in [2.45, 2.75) is 63.6 Å². The molecular formula is C26H32N4O4S2. The van der Waals surface area contributed by atoms with Crippen molar-refractivity contribution in [3.05, 3.63) is 51.7 Å².